The van der Waals surface area contributed by atoms with E-state index < -0.39 is 10.0 Å². The zero-order chi connectivity index (χ0) is 13.7. The summed E-state index contributed by atoms with van der Waals surface area (Å²) in [6.07, 6.45) is 4.42. The Labute approximate surface area is 119 Å². The Morgan fingerprint density at radius 3 is 2.84 bits per heavy atom. The highest BCUT2D eigenvalue weighted by molar-refractivity contribution is 7.98. The van der Waals surface area contributed by atoms with Crippen molar-refractivity contribution < 1.29 is 8.42 Å². The van der Waals surface area contributed by atoms with E-state index >= 15 is 0 Å². The van der Waals surface area contributed by atoms with Crippen LogP contribution in [0.25, 0.3) is 0 Å². The number of hydrogen-bond acceptors (Lipinski definition) is 4. The third kappa shape index (κ3) is 4.80. The third-order valence-corrected chi connectivity index (χ3v) is 5.05. The molecule has 0 unspecified atom stereocenters. The molecule has 19 heavy (non-hydrogen) atoms. The van der Waals surface area contributed by atoms with Gasteiger partial charge in [-0.05, 0) is 36.8 Å². The highest BCUT2D eigenvalue weighted by Gasteiger charge is 2.20. The molecule has 1 saturated carbocycles. The summed E-state index contributed by atoms with van der Waals surface area (Å²) >= 11 is 1.62. The Morgan fingerprint density at radius 1 is 1.37 bits per heavy atom. The molecular formula is C13H20N2O2S2. The molecule has 2 N–H and O–H groups in total. The fourth-order valence-corrected chi connectivity index (χ4v) is 3.27. The molecule has 0 bridgehead atoms. The van der Waals surface area contributed by atoms with Crippen molar-refractivity contribution in [1.82, 2.24) is 10.0 Å². The van der Waals surface area contributed by atoms with Gasteiger partial charge >= 0.3 is 0 Å². The molecule has 6 heteroatoms. The third-order valence-electron chi connectivity index (χ3n) is 2.98. The van der Waals surface area contributed by atoms with Gasteiger partial charge in [-0.3, -0.25) is 0 Å². The first kappa shape index (κ1) is 14.8. The SMILES string of the molecule is CSCCNS(=O)(=O)c1cccc(CNC2CC2)c1. The molecule has 0 amide bonds. The number of thioether (sulfide) groups is 1. The molecule has 106 valence electrons. The molecule has 4 nitrogen and oxygen atoms in total. The van der Waals surface area contributed by atoms with E-state index in [4.69, 9.17) is 0 Å². The summed E-state index contributed by atoms with van der Waals surface area (Å²) in [5, 5.41) is 3.39. The molecule has 0 saturated heterocycles. The summed E-state index contributed by atoms with van der Waals surface area (Å²) in [4.78, 5) is 0.351. The lowest BCUT2D eigenvalue weighted by atomic mass is 10.2. The van der Waals surface area contributed by atoms with Gasteiger partial charge in [0.15, 0.2) is 0 Å². The van der Waals surface area contributed by atoms with E-state index in [0.29, 0.717) is 17.5 Å². The smallest absolute Gasteiger partial charge is 0.240 e. The van der Waals surface area contributed by atoms with Crippen LogP contribution in [-0.4, -0.2) is 33.0 Å². The van der Waals surface area contributed by atoms with Crippen molar-refractivity contribution in [3.05, 3.63) is 29.8 Å². The first-order valence-electron chi connectivity index (χ1n) is 6.43. The lowest BCUT2D eigenvalue weighted by Gasteiger charge is -2.08. The lowest BCUT2D eigenvalue weighted by molar-refractivity contribution is 0.584. The number of rotatable bonds is 8. The zero-order valence-electron chi connectivity index (χ0n) is 11.1. The average molecular weight is 300 g/mol. The predicted octanol–water partition coefficient (Wildman–Crippen LogP) is 1.58. The van der Waals surface area contributed by atoms with Gasteiger partial charge in [0.2, 0.25) is 10.0 Å². The van der Waals surface area contributed by atoms with Gasteiger partial charge in [-0.15, -0.1) is 0 Å². The number of hydrogen-bond donors (Lipinski definition) is 2. The highest BCUT2D eigenvalue weighted by atomic mass is 32.2. The van der Waals surface area contributed by atoms with Crippen LogP contribution in [0.5, 0.6) is 0 Å². The summed E-state index contributed by atoms with van der Waals surface area (Å²) in [5.41, 5.74) is 1.01. The molecule has 0 spiro atoms. The fraction of sp³-hybridized carbons (Fsp3) is 0.538. The van der Waals surface area contributed by atoms with E-state index in [2.05, 4.69) is 10.0 Å². The zero-order valence-corrected chi connectivity index (χ0v) is 12.7. The highest BCUT2D eigenvalue weighted by Crippen LogP contribution is 2.19. The van der Waals surface area contributed by atoms with Crippen molar-refractivity contribution in [3.63, 3.8) is 0 Å². The number of sulfonamides is 1. The van der Waals surface area contributed by atoms with Crippen LogP contribution in [0.1, 0.15) is 18.4 Å². The van der Waals surface area contributed by atoms with Gasteiger partial charge in [0.25, 0.3) is 0 Å². The van der Waals surface area contributed by atoms with E-state index in [9.17, 15) is 8.42 Å². The monoisotopic (exact) mass is 300 g/mol. The maximum Gasteiger partial charge on any atom is 0.240 e. The molecule has 1 aliphatic carbocycles. The Morgan fingerprint density at radius 2 is 2.16 bits per heavy atom. The van der Waals surface area contributed by atoms with Gasteiger partial charge in [-0.1, -0.05) is 12.1 Å². The van der Waals surface area contributed by atoms with E-state index in [1.165, 1.54) is 12.8 Å². The summed E-state index contributed by atoms with van der Waals surface area (Å²) in [6.45, 7) is 1.20. The van der Waals surface area contributed by atoms with Crippen molar-refractivity contribution in [2.45, 2.75) is 30.3 Å². The second kappa shape index (κ2) is 6.74. The Balaban J connectivity index is 1.99. The molecule has 0 heterocycles. The van der Waals surface area contributed by atoms with Crippen LogP contribution in [0.4, 0.5) is 0 Å². The van der Waals surface area contributed by atoms with Crippen LogP contribution in [0.3, 0.4) is 0 Å². The van der Waals surface area contributed by atoms with Crippen molar-refractivity contribution in [3.8, 4) is 0 Å². The molecule has 0 aromatic heterocycles. The standard InChI is InChI=1S/C13H20N2O2S2/c1-18-8-7-15-19(16,17)13-4-2-3-11(9-13)10-14-12-5-6-12/h2-4,9,12,14-15H,5-8,10H2,1H3. The largest absolute Gasteiger partial charge is 0.310 e. The summed E-state index contributed by atoms with van der Waals surface area (Å²) < 4.78 is 26.7. The second-order valence-corrected chi connectivity index (χ2v) is 7.45. The molecular weight excluding hydrogens is 280 g/mol. The van der Waals surface area contributed by atoms with Gasteiger partial charge in [0, 0.05) is 24.9 Å². The molecule has 1 aliphatic rings. The van der Waals surface area contributed by atoms with Gasteiger partial charge < -0.3 is 5.32 Å². The minimum absolute atomic E-state index is 0.351. The minimum atomic E-state index is -3.37. The van der Waals surface area contributed by atoms with Crippen LogP contribution < -0.4 is 10.0 Å². The van der Waals surface area contributed by atoms with Crippen molar-refractivity contribution in [1.29, 1.82) is 0 Å². The van der Waals surface area contributed by atoms with Gasteiger partial charge in [-0.25, -0.2) is 13.1 Å². The quantitative estimate of drug-likeness (QED) is 0.716. The van der Waals surface area contributed by atoms with Crippen LogP contribution >= 0.6 is 11.8 Å². The molecule has 0 aliphatic heterocycles. The van der Waals surface area contributed by atoms with E-state index in [0.717, 1.165) is 17.9 Å². The van der Waals surface area contributed by atoms with E-state index in [1.54, 1.807) is 30.0 Å². The maximum atomic E-state index is 12.1. The first-order chi connectivity index (χ1) is 9.12. The molecule has 1 fully saturated rings. The van der Waals surface area contributed by atoms with Gasteiger partial charge in [0.1, 0.15) is 0 Å². The topological polar surface area (TPSA) is 58.2 Å². The van der Waals surface area contributed by atoms with E-state index in [1.807, 2.05) is 12.3 Å². The van der Waals surface area contributed by atoms with Crippen LogP contribution in [0.2, 0.25) is 0 Å². The van der Waals surface area contributed by atoms with Crippen molar-refractivity contribution in [2.24, 2.45) is 0 Å². The Hall–Kier alpha value is -0.560. The molecule has 0 radical (unpaired) electrons. The Bertz CT molecular complexity index is 513. The fourth-order valence-electron chi connectivity index (χ4n) is 1.73. The average Bonchev–Trinajstić information content (AvgIpc) is 3.21. The predicted molar refractivity (Wildman–Crippen MR) is 79.9 cm³/mol. The Kier molecular flexibility index (Phi) is 5.27. The second-order valence-electron chi connectivity index (χ2n) is 4.69. The van der Waals surface area contributed by atoms with Crippen molar-refractivity contribution in [2.75, 3.05) is 18.6 Å². The first-order valence-corrected chi connectivity index (χ1v) is 9.30. The van der Waals surface area contributed by atoms with Crippen LogP contribution in [-0.2, 0) is 16.6 Å². The summed E-state index contributed by atoms with van der Waals surface area (Å²) in [7, 11) is -3.37. The summed E-state index contributed by atoms with van der Waals surface area (Å²) in [5.74, 6) is 0.780. The minimum Gasteiger partial charge on any atom is -0.310 e. The maximum absolute atomic E-state index is 12.1. The van der Waals surface area contributed by atoms with E-state index in [-0.39, 0.29) is 0 Å². The van der Waals surface area contributed by atoms with Gasteiger partial charge in [-0.2, -0.15) is 11.8 Å². The van der Waals surface area contributed by atoms with Crippen LogP contribution in [0.15, 0.2) is 29.2 Å². The molecule has 2 rings (SSSR count). The summed E-state index contributed by atoms with van der Waals surface area (Å²) in [6, 6.07) is 7.77. The van der Waals surface area contributed by atoms with Crippen molar-refractivity contribution >= 4 is 21.8 Å². The van der Waals surface area contributed by atoms with Crippen LogP contribution in [0, 0.1) is 0 Å². The molecule has 1 aromatic rings. The number of benzene rings is 1. The molecule has 0 atom stereocenters. The molecule has 1 aromatic carbocycles. The van der Waals surface area contributed by atoms with Gasteiger partial charge in [0.05, 0.1) is 4.90 Å². The lowest BCUT2D eigenvalue weighted by Crippen LogP contribution is -2.26. The number of nitrogens with one attached hydrogen (secondary N) is 2. The normalized spacial score (nSPS) is 15.6.